The van der Waals surface area contributed by atoms with Crippen LogP contribution in [0.15, 0.2) is 42.6 Å². The monoisotopic (exact) mass is 417 g/mol. The Kier molecular flexibility index (Phi) is 12.2. The fourth-order valence-electron chi connectivity index (χ4n) is 2.07. The molecule has 0 spiro atoms. The highest BCUT2D eigenvalue weighted by molar-refractivity contribution is 5.85. The van der Waals surface area contributed by atoms with E-state index in [2.05, 4.69) is 10.3 Å². The van der Waals surface area contributed by atoms with Gasteiger partial charge < -0.3 is 25.3 Å². The Bertz CT molecular complexity index is 687. The van der Waals surface area contributed by atoms with E-state index >= 15 is 0 Å². The van der Waals surface area contributed by atoms with Crippen LogP contribution in [0.5, 0.6) is 17.4 Å². The van der Waals surface area contributed by atoms with Crippen molar-refractivity contribution in [3.8, 4) is 17.4 Å². The molecule has 1 aromatic carbocycles. The minimum absolute atomic E-state index is 0. The van der Waals surface area contributed by atoms with E-state index in [-0.39, 0.29) is 37.3 Å². The van der Waals surface area contributed by atoms with Gasteiger partial charge in [-0.3, -0.25) is 4.79 Å². The topological polar surface area (TPSA) is 95.7 Å². The van der Waals surface area contributed by atoms with Crippen molar-refractivity contribution in [1.29, 1.82) is 0 Å². The molecule has 0 aliphatic heterocycles. The molecule has 27 heavy (non-hydrogen) atoms. The van der Waals surface area contributed by atoms with Gasteiger partial charge in [0.25, 0.3) is 0 Å². The van der Waals surface area contributed by atoms with E-state index in [0.717, 1.165) is 5.56 Å². The Labute approximate surface area is 171 Å². The number of halogens is 2. The van der Waals surface area contributed by atoms with Gasteiger partial charge in [-0.2, -0.15) is 0 Å². The number of amides is 1. The zero-order chi connectivity index (χ0) is 18.1. The zero-order valence-corrected chi connectivity index (χ0v) is 16.8. The third-order valence-corrected chi connectivity index (χ3v) is 3.31. The van der Waals surface area contributed by atoms with Gasteiger partial charge in [-0.15, -0.1) is 24.8 Å². The van der Waals surface area contributed by atoms with Crippen LogP contribution in [0.4, 0.5) is 0 Å². The Morgan fingerprint density at radius 1 is 1.19 bits per heavy atom. The number of methoxy groups -OCH3 is 1. The maximum absolute atomic E-state index is 11.7. The van der Waals surface area contributed by atoms with Gasteiger partial charge in [0.1, 0.15) is 6.04 Å². The summed E-state index contributed by atoms with van der Waals surface area (Å²) in [6, 6.07) is 10.3. The molecule has 2 aromatic rings. The second kappa shape index (κ2) is 13.2. The summed E-state index contributed by atoms with van der Waals surface area (Å²) in [5.41, 5.74) is 6.49. The van der Waals surface area contributed by atoms with Gasteiger partial charge in [-0.25, -0.2) is 4.98 Å². The predicted octanol–water partition coefficient (Wildman–Crippen LogP) is 2.71. The van der Waals surface area contributed by atoms with Gasteiger partial charge in [0.15, 0.2) is 11.5 Å². The standard InChI is InChI=1S/C18H23N3O4.2ClH/c1-3-24-15-6-4-5-7-16(15)25-17-9-8-13(10-20-17)11-21-18(22)14(19)12-23-2;;/h4-10,14H,3,11-12,19H2,1-2H3,(H,21,22);2*1H. The van der Waals surface area contributed by atoms with E-state index in [9.17, 15) is 4.79 Å². The molecule has 0 saturated heterocycles. The third-order valence-electron chi connectivity index (χ3n) is 3.31. The number of carbonyl (C=O) groups is 1. The fraction of sp³-hybridized carbons (Fsp3) is 0.333. The van der Waals surface area contributed by atoms with Crippen LogP contribution in [0.2, 0.25) is 0 Å². The molecule has 1 aromatic heterocycles. The van der Waals surface area contributed by atoms with E-state index < -0.39 is 6.04 Å². The summed E-state index contributed by atoms with van der Waals surface area (Å²) >= 11 is 0. The van der Waals surface area contributed by atoms with Crippen LogP contribution in [0.1, 0.15) is 12.5 Å². The molecule has 0 radical (unpaired) electrons. The first-order valence-electron chi connectivity index (χ1n) is 8.01. The first-order valence-corrected chi connectivity index (χ1v) is 8.01. The SMILES string of the molecule is CCOc1ccccc1Oc1ccc(CNC(=O)C(N)COC)cn1.Cl.Cl. The van der Waals surface area contributed by atoms with E-state index in [1.54, 1.807) is 12.3 Å². The molecule has 3 N–H and O–H groups in total. The van der Waals surface area contributed by atoms with Gasteiger partial charge in [0, 0.05) is 25.9 Å². The zero-order valence-electron chi connectivity index (χ0n) is 15.2. The van der Waals surface area contributed by atoms with Crippen molar-refractivity contribution >= 4 is 30.7 Å². The molecule has 0 fully saturated rings. The summed E-state index contributed by atoms with van der Waals surface area (Å²) in [5.74, 6) is 1.44. The summed E-state index contributed by atoms with van der Waals surface area (Å²) < 4.78 is 16.1. The third kappa shape index (κ3) is 8.01. The summed E-state index contributed by atoms with van der Waals surface area (Å²) in [5, 5.41) is 2.73. The van der Waals surface area contributed by atoms with Crippen molar-refractivity contribution in [2.24, 2.45) is 5.73 Å². The van der Waals surface area contributed by atoms with Gasteiger partial charge in [-0.05, 0) is 24.6 Å². The van der Waals surface area contributed by atoms with Crippen molar-refractivity contribution in [3.63, 3.8) is 0 Å². The summed E-state index contributed by atoms with van der Waals surface area (Å²) in [6.07, 6.45) is 1.64. The molecule has 0 aliphatic carbocycles. The van der Waals surface area contributed by atoms with E-state index in [4.69, 9.17) is 19.9 Å². The highest BCUT2D eigenvalue weighted by atomic mass is 35.5. The maximum Gasteiger partial charge on any atom is 0.239 e. The normalized spacial score (nSPS) is 10.8. The van der Waals surface area contributed by atoms with Crippen LogP contribution in [0.3, 0.4) is 0 Å². The highest BCUT2D eigenvalue weighted by Crippen LogP contribution is 2.30. The van der Waals surface area contributed by atoms with Crippen molar-refractivity contribution in [1.82, 2.24) is 10.3 Å². The number of hydrogen-bond donors (Lipinski definition) is 2. The lowest BCUT2D eigenvalue weighted by Crippen LogP contribution is -2.43. The van der Waals surface area contributed by atoms with E-state index in [1.807, 2.05) is 37.3 Å². The molecular weight excluding hydrogens is 393 g/mol. The number of carbonyl (C=O) groups excluding carboxylic acids is 1. The smallest absolute Gasteiger partial charge is 0.239 e. The highest BCUT2D eigenvalue weighted by Gasteiger charge is 2.12. The first-order chi connectivity index (χ1) is 12.1. The molecule has 1 atom stereocenters. The molecule has 2 rings (SSSR count). The molecule has 150 valence electrons. The summed E-state index contributed by atoms with van der Waals surface area (Å²) in [6.45, 7) is 2.98. The van der Waals surface area contributed by atoms with Gasteiger partial charge in [0.05, 0.1) is 13.2 Å². The molecule has 0 aliphatic rings. The second-order valence-electron chi connectivity index (χ2n) is 5.27. The van der Waals surface area contributed by atoms with E-state index in [1.165, 1.54) is 7.11 Å². The number of pyridine rings is 1. The number of nitrogens with zero attached hydrogens (tertiary/aromatic N) is 1. The predicted molar refractivity (Wildman–Crippen MR) is 108 cm³/mol. The lowest BCUT2D eigenvalue weighted by atomic mass is 10.2. The number of benzene rings is 1. The molecular formula is C18H25Cl2N3O4. The number of nitrogens with two attached hydrogens (primary N) is 1. The van der Waals surface area contributed by atoms with Crippen LogP contribution in [0.25, 0.3) is 0 Å². The maximum atomic E-state index is 11.7. The van der Waals surface area contributed by atoms with Gasteiger partial charge in [-0.1, -0.05) is 18.2 Å². The van der Waals surface area contributed by atoms with Crippen LogP contribution in [-0.4, -0.2) is 37.3 Å². The van der Waals surface area contributed by atoms with Crippen molar-refractivity contribution in [2.45, 2.75) is 19.5 Å². The van der Waals surface area contributed by atoms with Gasteiger partial charge in [0.2, 0.25) is 11.8 Å². The lowest BCUT2D eigenvalue weighted by molar-refractivity contribution is -0.123. The number of aromatic nitrogens is 1. The first kappa shape index (κ1) is 24.9. The molecule has 1 unspecified atom stereocenters. The Morgan fingerprint density at radius 3 is 2.48 bits per heavy atom. The van der Waals surface area contributed by atoms with Crippen LogP contribution in [0, 0.1) is 0 Å². The molecule has 1 amide bonds. The largest absolute Gasteiger partial charge is 0.490 e. The van der Waals surface area contributed by atoms with Crippen molar-refractivity contribution < 1.29 is 19.0 Å². The van der Waals surface area contributed by atoms with Crippen molar-refractivity contribution in [3.05, 3.63) is 48.2 Å². The molecule has 9 heteroatoms. The Balaban J connectivity index is 0.00000338. The lowest BCUT2D eigenvalue weighted by Gasteiger charge is -2.12. The van der Waals surface area contributed by atoms with Crippen LogP contribution < -0.4 is 20.5 Å². The number of para-hydroxylation sites is 2. The van der Waals surface area contributed by atoms with E-state index in [0.29, 0.717) is 30.5 Å². The minimum Gasteiger partial charge on any atom is -0.490 e. The fourth-order valence-corrected chi connectivity index (χ4v) is 2.07. The molecule has 1 heterocycles. The molecule has 7 nitrogen and oxygen atoms in total. The number of hydrogen-bond acceptors (Lipinski definition) is 6. The minimum atomic E-state index is -0.685. The summed E-state index contributed by atoms with van der Waals surface area (Å²) in [4.78, 5) is 16.0. The molecule has 0 saturated carbocycles. The number of nitrogens with one attached hydrogen (secondary N) is 1. The van der Waals surface area contributed by atoms with Crippen LogP contribution in [-0.2, 0) is 16.1 Å². The Hall–Kier alpha value is -2.06. The summed E-state index contributed by atoms with van der Waals surface area (Å²) in [7, 11) is 1.50. The quantitative estimate of drug-likeness (QED) is 0.650. The number of rotatable bonds is 9. The van der Waals surface area contributed by atoms with Crippen molar-refractivity contribution in [2.75, 3.05) is 20.3 Å². The second-order valence-corrected chi connectivity index (χ2v) is 5.27. The average molecular weight is 418 g/mol. The van der Waals surface area contributed by atoms with Gasteiger partial charge >= 0.3 is 0 Å². The Morgan fingerprint density at radius 2 is 1.89 bits per heavy atom. The average Bonchev–Trinajstić information content (AvgIpc) is 2.63. The number of ether oxygens (including phenoxy) is 3. The van der Waals surface area contributed by atoms with Crippen LogP contribution >= 0.6 is 24.8 Å². The molecule has 0 bridgehead atoms.